The van der Waals surface area contributed by atoms with E-state index in [2.05, 4.69) is 10.2 Å². The van der Waals surface area contributed by atoms with Gasteiger partial charge in [-0.25, -0.2) is 0 Å². The molecule has 0 unspecified atom stereocenters. The summed E-state index contributed by atoms with van der Waals surface area (Å²) in [7, 11) is 0. The second kappa shape index (κ2) is 4.24. The van der Waals surface area contributed by atoms with Crippen molar-refractivity contribution in [1.82, 2.24) is 10.2 Å². The third-order valence-electron chi connectivity index (χ3n) is 3.19. The Morgan fingerprint density at radius 3 is 2.33 bits per heavy atom. The predicted octanol–water partition coefficient (Wildman–Crippen LogP) is 1.22. The van der Waals surface area contributed by atoms with Crippen molar-refractivity contribution in [2.75, 3.05) is 26.2 Å². The lowest BCUT2D eigenvalue weighted by Gasteiger charge is -2.26. The molecule has 2 aliphatic rings. The van der Waals surface area contributed by atoms with Gasteiger partial charge in [0.25, 0.3) is 0 Å². The van der Waals surface area contributed by atoms with Crippen molar-refractivity contribution in [1.29, 1.82) is 0 Å². The van der Waals surface area contributed by atoms with Gasteiger partial charge in [-0.3, -0.25) is 4.90 Å². The summed E-state index contributed by atoms with van der Waals surface area (Å²) in [5.74, 6) is 0. The van der Waals surface area contributed by atoms with Gasteiger partial charge in [0.1, 0.15) is 0 Å². The highest BCUT2D eigenvalue weighted by molar-refractivity contribution is 4.81. The van der Waals surface area contributed by atoms with Gasteiger partial charge in [0, 0.05) is 12.6 Å². The van der Waals surface area contributed by atoms with Crippen molar-refractivity contribution < 1.29 is 0 Å². The Hall–Kier alpha value is -0.0800. The standard InChI is InChI=1S/C10H20N2/c1-2-4-8-12(7-3-1)10-5-6-11-9-10/h10-11H,1-9H2/t10-/m0/s1. The second-order valence-electron chi connectivity index (χ2n) is 4.10. The molecule has 2 aliphatic heterocycles. The molecule has 2 heterocycles. The Morgan fingerprint density at radius 2 is 1.75 bits per heavy atom. The fraction of sp³-hybridized carbons (Fsp3) is 1.00. The molecular formula is C10H20N2. The van der Waals surface area contributed by atoms with Crippen LogP contribution in [0.5, 0.6) is 0 Å². The number of nitrogens with zero attached hydrogens (tertiary/aromatic N) is 1. The van der Waals surface area contributed by atoms with Gasteiger partial charge in [-0.1, -0.05) is 12.8 Å². The molecule has 0 radical (unpaired) electrons. The number of hydrogen-bond acceptors (Lipinski definition) is 2. The zero-order valence-electron chi connectivity index (χ0n) is 7.89. The minimum Gasteiger partial charge on any atom is -0.315 e. The van der Waals surface area contributed by atoms with E-state index >= 15 is 0 Å². The fourth-order valence-corrected chi connectivity index (χ4v) is 2.41. The summed E-state index contributed by atoms with van der Waals surface area (Å²) in [4.78, 5) is 2.70. The normalized spacial score (nSPS) is 33.5. The third-order valence-corrected chi connectivity index (χ3v) is 3.19. The quantitative estimate of drug-likeness (QED) is 0.633. The number of rotatable bonds is 1. The van der Waals surface area contributed by atoms with Crippen molar-refractivity contribution in [2.24, 2.45) is 0 Å². The van der Waals surface area contributed by atoms with Crippen LogP contribution in [0.25, 0.3) is 0 Å². The Balaban J connectivity index is 1.83. The van der Waals surface area contributed by atoms with E-state index < -0.39 is 0 Å². The summed E-state index contributed by atoms with van der Waals surface area (Å²) >= 11 is 0. The summed E-state index contributed by atoms with van der Waals surface area (Å²) in [5, 5.41) is 3.45. The van der Waals surface area contributed by atoms with Gasteiger partial charge >= 0.3 is 0 Å². The van der Waals surface area contributed by atoms with E-state index in [0.29, 0.717) is 0 Å². The van der Waals surface area contributed by atoms with Gasteiger partial charge in [0.2, 0.25) is 0 Å². The topological polar surface area (TPSA) is 15.3 Å². The van der Waals surface area contributed by atoms with Crippen LogP contribution < -0.4 is 5.32 Å². The lowest BCUT2D eigenvalue weighted by Crippen LogP contribution is -2.37. The minimum atomic E-state index is 0.864. The molecule has 0 saturated carbocycles. The summed E-state index contributed by atoms with van der Waals surface area (Å²) < 4.78 is 0. The van der Waals surface area contributed by atoms with Crippen LogP contribution in [0.1, 0.15) is 32.1 Å². The maximum absolute atomic E-state index is 3.45. The molecule has 0 aromatic heterocycles. The van der Waals surface area contributed by atoms with E-state index in [4.69, 9.17) is 0 Å². The van der Waals surface area contributed by atoms with Crippen molar-refractivity contribution in [3.05, 3.63) is 0 Å². The van der Waals surface area contributed by atoms with E-state index in [-0.39, 0.29) is 0 Å². The molecule has 0 aliphatic carbocycles. The van der Waals surface area contributed by atoms with Crippen LogP contribution in [0, 0.1) is 0 Å². The van der Waals surface area contributed by atoms with Crippen LogP contribution in [-0.2, 0) is 0 Å². The Bertz CT molecular complexity index is 122. The molecule has 0 bridgehead atoms. The van der Waals surface area contributed by atoms with Gasteiger partial charge in [-0.15, -0.1) is 0 Å². The SMILES string of the molecule is C1CCCN([C@H]2CCNC2)CC1. The second-order valence-corrected chi connectivity index (χ2v) is 4.10. The zero-order valence-corrected chi connectivity index (χ0v) is 7.89. The van der Waals surface area contributed by atoms with Gasteiger partial charge in [-0.2, -0.15) is 0 Å². The molecule has 2 fully saturated rings. The molecule has 2 nitrogen and oxygen atoms in total. The van der Waals surface area contributed by atoms with Crippen LogP contribution in [0.2, 0.25) is 0 Å². The molecule has 0 aromatic carbocycles. The Kier molecular flexibility index (Phi) is 3.01. The predicted molar refractivity (Wildman–Crippen MR) is 51.3 cm³/mol. The summed E-state index contributed by atoms with van der Waals surface area (Å²) in [5.41, 5.74) is 0. The molecular weight excluding hydrogens is 148 g/mol. The minimum absolute atomic E-state index is 0.864. The van der Waals surface area contributed by atoms with Crippen molar-refractivity contribution in [2.45, 2.75) is 38.1 Å². The monoisotopic (exact) mass is 168 g/mol. The zero-order chi connectivity index (χ0) is 8.23. The molecule has 0 amide bonds. The largest absolute Gasteiger partial charge is 0.315 e. The first-order chi connectivity index (χ1) is 5.97. The smallest absolute Gasteiger partial charge is 0.0232 e. The molecule has 70 valence electrons. The van der Waals surface area contributed by atoms with Gasteiger partial charge in [0.05, 0.1) is 0 Å². The molecule has 2 rings (SSSR count). The lowest BCUT2D eigenvalue weighted by atomic mass is 10.2. The molecule has 1 N–H and O–H groups in total. The molecule has 1 atom stereocenters. The van der Waals surface area contributed by atoms with Crippen LogP contribution in [-0.4, -0.2) is 37.1 Å². The molecule has 12 heavy (non-hydrogen) atoms. The number of likely N-dealkylation sites (tertiary alicyclic amines) is 1. The van der Waals surface area contributed by atoms with E-state index in [1.54, 1.807) is 0 Å². The maximum atomic E-state index is 3.45. The molecule has 0 spiro atoms. The molecule has 0 aromatic rings. The Labute approximate surface area is 75.3 Å². The summed E-state index contributed by atoms with van der Waals surface area (Å²) in [6.45, 7) is 5.18. The molecule has 2 saturated heterocycles. The maximum Gasteiger partial charge on any atom is 0.0232 e. The lowest BCUT2D eigenvalue weighted by molar-refractivity contribution is 0.216. The van der Waals surface area contributed by atoms with Crippen molar-refractivity contribution in [3.8, 4) is 0 Å². The van der Waals surface area contributed by atoms with E-state index in [1.165, 1.54) is 58.3 Å². The highest BCUT2D eigenvalue weighted by atomic mass is 15.2. The highest BCUT2D eigenvalue weighted by Crippen LogP contribution is 2.15. The van der Waals surface area contributed by atoms with Crippen LogP contribution >= 0.6 is 0 Å². The first kappa shape index (κ1) is 8.52. The average molecular weight is 168 g/mol. The Morgan fingerprint density at radius 1 is 1.00 bits per heavy atom. The summed E-state index contributed by atoms with van der Waals surface area (Å²) in [6.07, 6.45) is 7.14. The molecule has 2 heteroatoms. The number of nitrogens with one attached hydrogen (secondary N) is 1. The van der Waals surface area contributed by atoms with Gasteiger partial charge < -0.3 is 5.32 Å². The highest BCUT2D eigenvalue weighted by Gasteiger charge is 2.22. The van der Waals surface area contributed by atoms with E-state index in [9.17, 15) is 0 Å². The van der Waals surface area contributed by atoms with Crippen LogP contribution in [0.4, 0.5) is 0 Å². The average Bonchev–Trinajstić information content (AvgIpc) is 2.48. The first-order valence-corrected chi connectivity index (χ1v) is 5.41. The van der Waals surface area contributed by atoms with Crippen LogP contribution in [0.3, 0.4) is 0 Å². The van der Waals surface area contributed by atoms with Crippen molar-refractivity contribution in [3.63, 3.8) is 0 Å². The third kappa shape index (κ3) is 1.99. The van der Waals surface area contributed by atoms with E-state index in [0.717, 1.165) is 6.04 Å². The van der Waals surface area contributed by atoms with Gasteiger partial charge in [-0.05, 0) is 38.9 Å². The first-order valence-electron chi connectivity index (χ1n) is 5.41. The number of hydrogen-bond donors (Lipinski definition) is 1. The fourth-order valence-electron chi connectivity index (χ4n) is 2.41. The van der Waals surface area contributed by atoms with Gasteiger partial charge in [0.15, 0.2) is 0 Å². The summed E-state index contributed by atoms with van der Waals surface area (Å²) in [6, 6.07) is 0.864. The van der Waals surface area contributed by atoms with E-state index in [1.807, 2.05) is 0 Å². The van der Waals surface area contributed by atoms with Crippen LogP contribution in [0.15, 0.2) is 0 Å². The van der Waals surface area contributed by atoms with Crippen molar-refractivity contribution >= 4 is 0 Å².